The summed E-state index contributed by atoms with van der Waals surface area (Å²) in [5.74, 6) is 0. The van der Waals surface area contributed by atoms with Crippen molar-refractivity contribution in [3.05, 3.63) is 28.5 Å². The Hall–Kier alpha value is -1.40. The number of hydrogen-bond donors (Lipinski definition) is 2. The molecule has 2 heterocycles. The SMILES string of the molecule is CC(C)(C)c1ncc(CNc2cnn(CCO)c2)s1. The predicted molar refractivity (Wildman–Crippen MR) is 77.5 cm³/mol. The van der Waals surface area contributed by atoms with E-state index in [9.17, 15) is 0 Å². The van der Waals surface area contributed by atoms with Crippen molar-refractivity contribution in [1.29, 1.82) is 0 Å². The zero-order chi connectivity index (χ0) is 13.9. The molecule has 19 heavy (non-hydrogen) atoms. The second-order valence-electron chi connectivity index (χ2n) is 5.45. The zero-order valence-electron chi connectivity index (χ0n) is 11.6. The van der Waals surface area contributed by atoms with Gasteiger partial charge in [0.15, 0.2) is 0 Å². The van der Waals surface area contributed by atoms with Gasteiger partial charge in [-0.15, -0.1) is 11.3 Å². The molecule has 0 aliphatic carbocycles. The molecule has 5 nitrogen and oxygen atoms in total. The minimum Gasteiger partial charge on any atom is -0.394 e. The average molecular weight is 280 g/mol. The van der Waals surface area contributed by atoms with Crippen molar-refractivity contribution in [3.8, 4) is 0 Å². The molecule has 2 aromatic rings. The fourth-order valence-electron chi connectivity index (χ4n) is 1.60. The van der Waals surface area contributed by atoms with Crippen LogP contribution in [0.3, 0.4) is 0 Å². The van der Waals surface area contributed by atoms with E-state index in [0.717, 1.165) is 17.2 Å². The summed E-state index contributed by atoms with van der Waals surface area (Å²) in [5, 5.41) is 17.4. The first-order valence-corrected chi connectivity index (χ1v) is 7.13. The van der Waals surface area contributed by atoms with Gasteiger partial charge < -0.3 is 10.4 Å². The quantitative estimate of drug-likeness (QED) is 0.881. The molecule has 0 unspecified atom stereocenters. The minimum atomic E-state index is 0.102. The monoisotopic (exact) mass is 280 g/mol. The Kier molecular flexibility index (Phi) is 4.21. The van der Waals surface area contributed by atoms with Crippen LogP contribution in [0.4, 0.5) is 5.69 Å². The van der Waals surface area contributed by atoms with Crippen LogP contribution in [0.25, 0.3) is 0 Å². The molecule has 2 rings (SSSR count). The highest BCUT2D eigenvalue weighted by atomic mass is 32.1. The van der Waals surface area contributed by atoms with E-state index < -0.39 is 0 Å². The summed E-state index contributed by atoms with van der Waals surface area (Å²) in [5.41, 5.74) is 1.06. The molecule has 0 saturated carbocycles. The second kappa shape index (κ2) is 5.71. The topological polar surface area (TPSA) is 63.0 Å². The summed E-state index contributed by atoms with van der Waals surface area (Å²) in [6.45, 7) is 7.88. The maximum absolute atomic E-state index is 8.83. The van der Waals surface area contributed by atoms with Crippen molar-refractivity contribution < 1.29 is 5.11 Å². The number of aliphatic hydroxyl groups is 1. The number of nitrogens with one attached hydrogen (secondary N) is 1. The Morgan fingerprint density at radius 3 is 2.79 bits per heavy atom. The lowest BCUT2D eigenvalue weighted by molar-refractivity contribution is 0.269. The summed E-state index contributed by atoms with van der Waals surface area (Å²) >= 11 is 1.74. The molecule has 2 N–H and O–H groups in total. The summed E-state index contributed by atoms with van der Waals surface area (Å²) in [6, 6.07) is 0. The Morgan fingerprint density at radius 1 is 1.37 bits per heavy atom. The van der Waals surface area contributed by atoms with Crippen LogP contribution in [0.1, 0.15) is 30.7 Å². The van der Waals surface area contributed by atoms with Gasteiger partial charge in [-0.2, -0.15) is 5.10 Å². The van der Waals surface area contributed by atoms with Gasteiger partial charge in [0.05, 0.1) is 36.6 Å². The zero-order valence-corrected chi connectivity index (χ0v) is 12.4. The van der Waals surface area contributed by atoms with Crippen LogP contribution in [0.15, 0.2) is 18.6 Å². The maximum atomic E-state index is 8.83. The third kappa shape index (κ3) is 3.78. The molecule has 0 radical (unpaired) electrons. The van der Waals surface area contributed by atoms with E-state index in [1.165, 1.54) is 4.88 Å². The molecule has 0 spiro atoms. The summed E-state index contributed by atoms with van der Waals surface area (Å²) < 4.78 is 1.72. The van der Waals surface area contributed by atoms with Gasteiger partial charge >= 0.3 is 0 Å². The van der Waals surface area contributed by atoms with Crippen LogP contribution >= 0.6 is 11.3 Å². The van der Waals surface area contributed by atoms with Crippen LogP contribution in [0.5, 0.6) is 0 Å². The molecule has 0 aromatic carbocycles. The highest BCUT2D eigenvalue weighted by Crippen LogP contribution is 2.27. The Labute approximate surface area is 117 Å². The fraction of sp³-hybridized carbons (Fsp3) is 0.538. The van der Waals surface area contributed by atoms with Crippen molar-refractivity contribution in [2.24, 2.45) is 0 Å². The van der Waals surface area contributed by atoms with E-state index in [-0.39, 0.29) is 12.0 Å². The normalized spacial score (nSPS) is 11.8. The minimum absolute atomic E-state index is 0.102. The number of anilines is 1. The third-order valence-corrected chi connectivity index (χ3v) is 4.05. The lowest BCUT2D eigenvalue weighted by Crippen LogP contribution is -2.09. The van der Waals surface area contributed by atoms with Crippen LogP contribution < -0.4 is 5.32 Å². The maximum Gasteiger partial charge on any atom is 0.0981 e. The van der Waals surface area contributed by atoms with E-state index in [0.29, 0.717) is 6.54 Å². The number of thiazole rings is 1. The van der Waals surface area contributed by atoms with E-state index >= 15 is 0 Å². The molecular formula is C13H20N4OS. The molecule has 0 atom stereocenters. The van der Waals surface area contributed by atoms with E-state index in [1.807, 2.05) is 12.4 Å². The first-order chi connectivity index (χ1) is 8.99. The van der Waals surface area contributed by atoms with Crippen molar-refractivity contribution in [3.63, 3.8) is 0 Å². The fourth-order valence-corrected chi connectivity index (χ4v) is 2.51. The van der Waals surface area contributed by atoms with Gasteiger partial charge in [0, 0.05) is 22.7 Å². The van der Waals surface area contributed by atoms with E-state index in [4.69, 9.17) is 5.11 Å². The number of aliphatic hydroxyl groups excluding tert-OH is 1. The van der Waals surface area contributed by atoms with Gasteiger partial charge in [0.1, 0.15) is 0 Å². The molecule has 2 aromatic heterocycles. The first-order valence-electron chi connectivity index (χ1n) is 6.31. The lowest BCUT2D eigenvalue weighted by atomic mass is 9.98. The molecule has 0 saturated heterocycles. The van der Waals surface area contributed by atoms with E-state index in [1.54, 1.807) is 22.2 Å². The van der Waals surface area contributed by atoms with Crippen molar-refractivity contribution in [1.82, 2.24) is 14.8 Å². The summed E-state index contributed by atoms with van der Waals surface area (Å²) in [4.78, 5) is 5.67. The van der Waals surface area contributed by atoms with Crippen LogP contribution in [0.2, 0.25) is 0 Å². The lowest BCUT2D eigenvalue weighted by Gasteiger charge is -2.13. The first kappa shape index (κ1) is 14.0. The molecule has 0 aliphatic heterocycles. The molecule has 0 fully saturated rings. The molecule has 104 valence electrons. The molecule has 0 aliphatic rings. The van der Waals surface area contributed by atoms with Gasteiger partial charge in [-0.3, -0.25) is 4.68 Å². The van der Waals surface area contributed by atoms with Gasteiger partial charge in [0.25, 0.3) is 0 Å². The Morgan fingerprint density at radius 2 is 2.16 bits per heavy atom. The Bertz CT molecular complexity index is 527. The second-order valence-corrected chi connectivity index (χ2v) is 6.57. The van der Waals surface area contributed by atoms with Crippen molar-refractivity contribution in [2.45, 2.75) is 39.3 Å². The smallest absolute Gasteiger partial charge is 0.0981 e. The van der Waals surface area contributed by atoms with Crippen LogP contribution in [0, 0.1) is 0 Å². The van der Waals surface area contributed by atoms with Gasteiger partial charge in [-0.25, -0.2) is 4.98 Å². The predicted octanol–water partition coefficient (Wildman–Crippen LogP) is 2.24. The van der Waals surface area contributed by atoms with E-state index in [2.05, 4.69) is 36.2 Å². The van der Waals surface area contributed by atoms with Crippen molar-refractivity contribution in [2.75, 3.05) is 11.9 Å². The van der Waals surface area contributed by atoms with Crippen LogP contribution in [-0.4, -0.2) is 26.5 Å². The van der Waals surface area contributed by atoms with Crippen LogP contribution in [-0.2, 0) is 18.5 Å². The molecule has 0 bridgehead atoms. The molecule has 0 amide bonds. The highest BCUT2D eigenvalue weighted by Gasteiger charge is 2.17. The van der Waals surface area contributed by atoms with Gasteiger partial charge in [-0.1, -0.05) is 20.8 Å². The number of rotatable bonds is 5. The van der Waals surface area contributed by atoms with Crippen molar-refractivity contribution >= 4 is 17.0 Å². The Balaban J connectivity index is 1.93. The van der Waals surface area contributed by atoms with Gasteiger partial charge in [-0.05, 0) is 0 Å². The van der Waals surface area contributed by atoms with Gasteiger partial charge in [0.2, 0.25) is 0 Å². The standard InChI is InChI=1S/C13H20N4OS/c1-13(2,3)12-15-8-11(19-12)7-14-10-6-16-17(9-10)4-5-18/h6,8-9,14,18H,4-5,7H2,1-3H3. The molecular weight excluding hydrogens is 260 g/mol. The summed E-state index contributed by atoms with van der Waals surface area (Å²) in [7, 11) is 0. The number of aromatic nitrogens is 3. The number of nitrogens with zero attached hydrogens (tertiary/aromatic N) is 3. The summed E-state index contributed by atoms with van der Waals surface area (Å²) in [6.07, 6.45) is 5.58. The molecule has 6 heteroatoms. The average Bonchev–Trinajstić information content (AvgIpc) is 2.94. The highest BCUT2D eigenvalue weighted by molar-refractivity contribution is 7.11. The largest absolute Gasteiger partial charge is 0.394 e. The number of hydrogen-bond acceptors (Lipinski definition) is 5. The third-order valence-electron chi connectivity index (χ3n) is 2.62.